The van der Waals surface area contributed by atoms with Crippen molar-refractivity contribution in [1.82, 2.24) is 19.8 Å². The molecule has 0 unspecified atom stereocenters. The number of fused-ring (bicyclic) bond motifs is 1. The van der Waals surface area contributed by atoms with Crippen LogP contribution in [0.2, 0.25) is 0 Å². The maximum atomic E-state index is 12.9. The van der Waals surface area contributed by atoms with Gasteiger partial charge < -0.3 is 19.6 Å². The minimum absolute atomic E-state index is 0.162. The molecule has 2 aromatic rings. The molecule has 0 bridgehead atoms. The third-order valence-electron chi connectivity index (χ3n) is 5.79. The predicted octanol–water partition coefficient (Wildman–Crippen LogP) is 1.42. The lowest BCUT2D eigenvalue weighted by molar-refractivity contribution is -0.131. The second kappa shape index (κ2) is 8.37. The minimum Gasteiger partial charge on any atom is -0.362 e. The molecular weight excluding hydrogens is 364 g/mol. The van der Waals surface area contributed by atoms with E-state index in [1.807, 2.05) is 54.2 Å². The Morgan fingerprint density at radius 3 is 2.45 bits per heavy atom. The summed E-state index contributed by atoms with van der Waals surface area (Å²) >= 11 is 0. The largest absolute Gasteiger partial charge is 0.362 e. The lowest BCUT2D eigenvalue weighted by atomic mass is 10.0. The Morgan fingerprint density at radius 1 is 1.03 bits per heavy atom. The molecule has 154 valence electrons. The molecule has 4 rings (SSSR count). The van der Waals surface area contributed by atoms with Crippen LogP contribution in [0.5, 0.6) is 0 Å². The summed E-state index contributed by atoms with van der Waals surface area (Å²) in [5, 5.41) is 0. The quantitative estimate of drug-likeness (QED) is 0.782. The van der Waals surface area contributed by atoms with E-state index in [9.17, 15) is 4.79 Å². The highest BCUT2D eigenvalue weighted by atomic mass is 16.2. The van der Waals surface area contributed by atoms with Crippen LogP contribution in [0, 0.1) is 0 Å². The number of anilines is 2. The number of likely N-dealkylation sites (N-methyl/N-ethyl adjacent to an activating group) is 1. The van der Waals surface area contributed by atoms with E-state index < -0.39 is 0 Å². The monoisotopic (exact) mass is 394 g/mol. The number of aromatic nitrogens is 2. The van der Waals surface area contributed by atoms with Crippen molar-refractivity contribution in [2.24, 2.45) is 0 Å². The number of hydrogen-bond acceptors (Lipinski definition) is 6. The summed E-state index contributed by atoms with van der Waals surface area (Å²) in [5.41, 5.74) is 3.22. The average Bonchev–Trinajstić information content (AvgIpc) is 2.73. The van der Waals surface area contributed by atoms with Gasteiger partial charge in [-0.3, -0.25) is 4.79 Å². The number of carbonyl (C=O) groups excluding carboxylic acids is 1. The summed E-state index contributed by atoms with van der Waals surface area (Å²) < 4.78 is 0. The lowest BCUT2D eigenvalue weighted by Gasteiger charge is -2.35. The van der Waals surface area contributed by atoms with Gasteiger partial charge in [0.25, 0.3) is 0 Å². The Hall–Kier alpha value is -2.67. The Balaban J connectivity index is 1.55. The lowest BCUT2D eigenvalue weighted by Crippen LogP contribution is -2.45. The first-order valence-electron chi connectivity index (χ1n) is 10.3. The fourth-order valence-electron chi connectivity index (χ4n) is 4.00. The minimum atomic E-state index is 0.162. The van der Waals surface area contributed by atoms with Gasteiger partial charge in [0, 0.05) is 58.8 Å². The normalized spacial score (nSPS) is 17.2. The van der Waals surface area contributed by atoms with E-state index in [1.54, 1.807) is 0 Å². The van der Waals surface area contributed by atoms with Crippen LogP contribution in [0.25, 0.3) is 0 Å². The van der Waals surface area contributed by atoms with Gasteiger partial charge >= 0.3 is 0 Å². The van der Waals surface area contributed by atoms with Gasteiger partial charge in [-0.15, -0.1) is 0 Å². The molecular formula is C22H30N6O. The predicted molar refractivity (Wildman–Crippen MR) is 115 cm³/mol. The molecule has 0 radical (unpaired) electrons. The van der Waals surface area contributed by atoms with Crippen LogP contribution in [0.1, 0.15) is 16.8 Å². The molecule has 7 nitrogen and oxygen atoms in total. The Bertz CT molecular complexity index is 861. The van der Waals surface area contributed by atoms with Crippen molar-refractivity contribution in [3.63, 3.8) is 0 Å². The highest BCUT2D eigenvalue weighted by Gasteiger charge is 2.28. The van der Waals surface area contributed by atoms with E-state index >= 15 is 0 Å². The van der Waals surface area contributed by atoms with Crippen molar-refractivity contribution in [3.05, 3.63) is 47.2 Å². The zero-order valence-corrected chi connectivity index (χ0v) is 17.6. The Labute approximate surface area is 172 Å². The van der Waals surface area contributed by atoms with E-state index in [-0.39, 0.29) is 5.91 Å². The molecule has 1 aromatic heterocycles. The molecule has 0 atom stereocenters. The van der Waals surface area contributed by atoms with E-state index in [4.69, 9.17) is 9.97 Å². The van der Waals surface area contributed by atoms with Crippen molar-refractivity contribution in [2.75, 3.05) is 63.7 Å². The molecule has 3 heterocycles. The van der Waals surface area contributed by atoms with Crippen LogP contribution >= 0.6 is 0 Å². The molecule has 0 spiro atoms. The zero-order valence-electron chi connectivity index (χ0n) is 17.6. The molecule has 7 heteroatoms. The summed E-state index contributed by atoms with van der Waals surface area (Å²) in [6.07, 6.45) is 1.22. The molecule has 0 N–H and O–H groups in total. The van der Waals surface area contributed by atoms with E-state index in [1.165, 1.54) is 0 Å². The first-order chi connectivity index (χ1) is 14.0. The highest BCUT2D eigenvalue weighted by molar-refractivity contribution is 5.79. The summed E-state index contributed by atoms with van der Waals surface area (Å²) in [6.45, 7) is 5.24. The Morgan fingerprint density at radius 2 is 1.76 bits per heavy atom. The topological polar surface area (TPSA) is 55.8 Å². The summed E-state index contributed by atoms with van der Waals surface area (Å²) in [7, 11) is 6.18. The van der Waals surface area contributed by atoms with Gasteiger partial charge in [-0.05, 0) is 12.6 Å². The molecule has 1 aromatic carbocycles. The first kappa shape index (κ1) is 19.6. The van der Waals surface area contributed by atoms with Crippen molar-refractivity contribution in [2.45, 2.75) is 19.4 Å². The first-order valence-corrected chi connectivity index (χ1v) is 10.3. The maximum Gasteiger partial charge on any atom is 0.227 e. The second-order valence-electron chi connectivity index (χ2n) is 8.18. The number of hydrogen-bond donors (Lipinski definition) is 0. The van der Waals surface area contributed by atoms with E-state index in [0.29, 0.717) is 19.5 Å². The number of benzene rings is 1. The molecule has 0 saturated carbocycles. The summed E-state index contributed by atoms with van der Waals surface area (Å²) in [4.78, 5) is 31.3. The number of piperazine rings is 1. The zero-order chi connectivity index (χ0) is 20.4. The van der Waals surface area contributed by atoms with Gasteiger partial charge in [0.1, 0.15) is 5.82 Å². The van der Waals surface area contributed by atoms with Gasteiger partial charge in [0.2, 0.25) is 11.9 Å². The van der Waals surface area contributed by atoms with Crippen molar-refractivity contribution >= 4 is 17.7 Å². The van der Waals surface area contributed by atoms with Crippen LogP contribution < -0.4 is 9.80 Å². The average molecular weight is 395 g/mol. The molecule has 0 aliphatic carbocycles. The number of amides is 1. The third-order valence-corrected chi connectivity index (χ3v) is 5.79. The van der Waals surface area contributed by atoms with Gasteiger partial charge in [-0.1, -0.05) is 30.3 Å². The smallest absolute Gasteiger partial charge is 0.227 e. The second-order valence-corrected chi connectivity index (χ2v) is 8.18. The number of rotatable bonds is 4. The molecule has 1 amide bonds. The molecule has 2 aliphatic heterocycles. The van der Waals surface area contributed by atoms with Crippen molar-refractivity contribution < 1.29 is 4.79 Å². The SMILES string of the molecule is CN1CCN(c2nc3c(c(N(C)C)n2)CN(C(=O)Cc2ccccc2)CC3)CC1. The third kappa shape index (κ3) is 4.34. The molecule has 1 saturated heterocycles. The summed E-state index contributed by atoms with van der Waals surface area (Å²) in [6, 6.07) is 9.95. The van der Waals surface area contributed by atoms with Crippen LogP contribution in [0.3, 0.4) is 0 Å². The fourth-order valence-corrected chi connectivity index (χ4v) is 4.00. The van der Waals surface area contributed by atoms with Crippen molar-refractivity contribution in [1.29, 1.82) is 0 Å². The van der Waals surface area contributed by atoms with E-state index in [0.717, 1.165) is 61.2 Å². The molecule has 29 heavy (non-hydrogen) atoms. The van der Waals surface area contributed by atoms with Crippen LogP contribution in [-0.2, 0) is 24.2 Å². The van der Waals surface area contributed by atoms with Gasteiger partial charge in [-0.25, -0.2) is 4.98 Å². The standard InChI is InChI=1S/C22H30N6O/c1-25(2)21-18-16-28(20(29)15-17-7-5-4-6-8-17)10-9-19(18)23-22(24-21)27-13-11-26(3)12-14-27/h4-8H,9-16H2,1-3H3. The van der Waals surface area contributed by atoms with Crippen molar-refractivity contribution in [3.8, 4) is 0 Å². The Kier molecular flexibility index (Phi) is 5.67. The van der Waals surface area contributed by atoms with Gasteiger partial charge in [-0.2, -0.15) is 4.98 Å². The van der Waals surface area contributed by atoms with Crippen LogP contribution in [0.15, 0.2) is 30.3 Å². The maximum absolute atomic E-state index is 12.9. The van der Waals surface area contributed by atoms with Crippen LogP contribution in [0.4, 0.5) is 11.8 Å². The van der Waals surface area contributed by atoms with Gasteiger partial charge in [0.05, 0.1) is 18.7 Å². The number of nitrogens with zero attached hydrogens (tertiary/aromatic N) is 6. The number of carbonyl (C=O) groups is 1. The summed E-state index contributed by atoms with van der Waals surface area (Å²) in [5.74, 6) is 1.92. The molecule has 1 fully saturated rings. The fraction of sp³-hybridized carbons (Fsp3) is 0.500. The van der Waals surface area contributed by atoms with E-state index in [2.05, 4.69) is 16.8 Å². The van der Waals surface area contributed by atoms with Crippen LogP contribution in [-0.4, -0.2) is 79.5 Å². The molecule has 2 aliphatic rings. The van der Waals surface area contributed by atoms with Gasteiger partial charge in [0.15, 0.2) is 0 Å². The highest BCUT2D eigenvalue weighted by Crippen LogP contribution is 2.28.